The lowest BCUT2D eigenvalue weighted by molar-refractivity contribution is -0.203. The molecule has 0 aliphatic heterocycles. The van der Waals surface area contributed by atoms with Crippen molar-refractivity contribution in [3.05, 3.63) is 35.4 Å². The highest BCUT2D eigenvalue weighted by Gasteiger charge is 2.65. The van der Waals surface area contributed by atoms with Gasteiger partial charge in [0.05, 0.1) is 17.8 Å². The minimum Gasteiger partial charge on any atom is -0.478 e. The van der Waals surface area contributed by atoms with Crippen molar-refractivity contribution in [1.29, 1.82) is 0 Å². The molecule has 0 bridgehead atoms. The zero-order valence-electron chi connectivity index (χ0n) is 24.0. The molecule has 210 valence electrons. The first-order chi connectivity index (χ1) is 18.1. The Morgan fingerprint density at radius 2 is 1.63 bits per heavy atom. The molecule has 38 heavy (non-hydrogen) atoms. The van der Waals surface area contributed by atoms with Crippen LogP contribution in [0.4, 0.5) is 0 Å². The number of aliphatic hydroxyl groups is 2. The molecule has 0 heterocycles. The van der Waals surface area contributed by atoms with Crippen LogP contribution in [0, 0.1) is 58.2 Å². The molecule has 5 aliphatic rings. The highest BCUT2D eigenvalue weighted by molar-refractivity contribution is 5.87. The Morgan fingerprint density at radius 3 is 2.32 bits per heavy atom. The fourth-order valence-corrected chi connectivity index (χ4v) is 11.4. The molecular weight excluding hydrogens is 472 g/mol. The largest absolute Gasteiger partial charge is 0.478 e. The van der Waals surface area contributed by atoms with Crippen molar-refractivity contribution >= 4 is 5.97 Å². The number of aromatic carboxylic acids is 1. The zero-order chi connectivity index (χ0) is 27.0. The van der Waals surface area contributed by atoms with E-state index < -0.39 is 5.97 Å². The van der Waals surface area contributed by atoms with Gasteiger partial charge in [-0.25, -0.2) is 4.79 Å². The van der Waals surface area contributed by atoms with Crippen LogP contribution in [-0.2, 0) is 0 Å². The van der Waals surface area contributed by atoms with Crippen LogP contribution in [0.25, 0.3) is 0 Å². The summed E-state index contributed by atoms with van der Waals surface area (Å²) in [6.07, 6.45) is 11.2. The summed E-state index contributed by atoms with van der Waals surface area (Å²) in [5.74, 6) is 4.32. The summed E-state index contributed by atoms with van der Waals surface area (Å²) in [7, 11) is 0. The van der Waals surface area contributed by atoms with E-state index in [0.29, 0.717) is 52.4 Å². The second-order valence-corrected chi connectivity index (χ2v) is 14.9. The third-order valence-electron chi connectivity index (χ3n) is 13.3. The minimum atomic E-state index is -0.852. The first-order valence-electron chi connectivity index (χ1n) is 15.8. The second-order valence-electron chi connectivity index (χ2n) is 14.9. The second kappa shape index (κ2) is 9.61. The lowest BCUT2D eigenvalue weighted by atomic mass is 9.41. The average Bonchev–Trinajstić information content (AvgIpc) is 3.56. The maximum atomic E-state index is 11.9. The molecule has 5 unspecified atom stereocenters. The molecule has 1 aromatic carbocycles. The summed E-state index contributed by atoms with van der Waals surface area (Å²) in [5, 5.41) is 31.7. The average molecular weight is 523 g/mol. The molecule has 4 nitrogen and oxygen atoms in total. The molecule has 6 rings (SSSR count). The smallest absolute Gasteiger partial charge is 0.335 e. The number of fused-ring (bicyclic) bond motifs is 5. The molecule has 3 N–H and O–H groups in total. The van der Waals surface area contributed by atoms with Gasteiger partial charge in [-0.05, 0) is 140 Å². The summed E-state index contributed by atoms with van der Waals surface area (Å²) in [4.78, 5) is 11.2. The Kier molecular flexibility index (Phi) is 6.78. The third kappa shape index (κ3) is 4.10. The summed E-state index contributed by atoms with van der Waals surface area (Å²) in [6.45, 7) is 9.88. The van der Waals surface area contributed by atoms with Crippen LogP contribution in [0.2, 0.25) is 0 Å². The molecule has 0 radical (unpaired) electrons. The third-order valence-corrected chi connectivity index (χ3v) is 13.3. The van der Waals surface area contributed by atoms with E-state index in [2.05, 4.69) is 27.7 Å². The van der Waals surface area contributed by atoms with Crippen molar-refractivity contribution in [2.45, 2.75) is 110 Å². The summed E-state index contributed by atoms with van der Waals surface area (Å²) < 4.78 is 0. The van der Waals surface area contributed by atoms with E-state index in [0.717, 1.165) is 37.5 Å². The van der Waals surface area contributed by atoms with E-state index in [1.54, 1.807) is 12.1 Å². The number of carboxylic acids is 1. The topological polar surface area (TPSA) is 77.8 Å². The maximum Gasteiger partial charge on any atom is 0.335 e. The normalized spacial score (nSPS) is 48.5. The van der Waals surface area contributed by atoms with Crippen LogP contribution in [0.3, 0.4) is 0 Å². The van der Waals surface area contributed by atoms with Crippen molar-refractivity contribution in [1.82, 2.24) is 0 Å². The molecule has 5 fully saturated rings. The van der Waals surface area contributed by atoms with Gasteiger partial charge in [0.2, 0.25) is 0 Å². The molecule has 0 saturated heterocycles. The van der Waals surface area contributed by atoms with Gasteiger partial charge in [-0.1, -0.05) is 46.2 Å². The molecule has 0 amide bonds. The van der Waals surface area contributed by atoms with Gasteiger partial charge in [0, 0.05) is 0 Å². The first-order valence-corrected chi connectivity index (χ1v) is 15.8. The van der Waals surface area contributed by atoms with Gasteiger partial charge >= 0.3 is 5.97 Å². The number of rotatable bonds is 6. The van der Waals surface area contributed by atoms with E-state index in [9.17, 15) is 20.1 Å². The first kappa shape index (κ1) is 26.8. The number of hydrogen-bond acceptors (Lipinski definition) is 3. The Hall–Kier alpha value is -1.39. The molecule has 0 aromatic heterocycles. The van der Waals surface area contributed by atoms with E-state index in [4.69, 9.17) is 0 Å². The molecule has 13 atom stereocenters. The standard InChI is InChI=1S/C34H50O4/c1-5-24-29-18-23(35)12-14-34(29,4)28-13-15-33(3)26(10-11-27(33)30(28)31(24)36)19(2)16-22-17-25(22)20-6-8-21(9-7-20)32(37)38/h6-9,19,22-31,35-36H,5,10-18H2,1-4H3,(H,37,38)/t19-,22?,23-,24-,25?,26-,27?,28?,29+,30?,31-,33-,34-/m1/s1. The Balaban J connectivity index is 1.17. The highest BCUT2D eigenvalue weighted by atomic mass is 16.4. The van der Waals surface area contributed by atoms with E-state index in [-0.39, 0.29) is 17.6 Å². The molecule has 5 aliphatic carbocycles. The van der Waals surface area contributed by atoms with E-state index in [1.165, 1.54) is 44.1 Å². The van der Waals surface area contributed by atoms with Crippen molar-refractivity contribution in [2.75, 3.05) is 0 Å². The predicted octanol–water partition coefficient (Wildman–Crippen LogP) is 7.14. The van der Waals surface area contributed by atoms with Gasteiger partial charge in [0.15, 0.2) is 0 Å². The van der Waals surface area contributed by atoms with Crippen LogP contribution < -0.4 is 0 Å². The Bertz CT molecular complexity index is 1040. The molecule has 5 saturated carbocycles. The van der Waals surface area contributed by atoms with Crippen molar-refractivity contribution in [3.8, 4) is 0 Å². The minimum absolute atomic E-state index is 0.183. The Labute approximate surface area is 229 Å². The van der Waals surface area contributed by atoms with Gasteiger partial charge in [-0.2, -0.15) is 0 Å². The summed E-state index contributed by atoms with van der Waals surface area (Å²) in [5.41, 5.74) is 2.27. The molecule has 4 heteroatoms. The van der Waals surface area contributed by atoms with Gasteiger partial charge < -0.3 is 15.3 Å². The number of carbonyl (C=O) groups is 1. The highest BCUT2D eigenvalue weighted by Crippen LogP contribution is 2.70. The van der Waals surface area contributed by atoms with Gasteiger partial charge in [0.1, 0.15) is 0 Å². The quantitative estimate of drug-likeness (QED) is 0.371. The van der Waals surface area contributed by atoms with Crippen molar-refractivity contribution in [3.63, 3.8) is 0 Å². The fourth-order valence-electron chi connectivity index (χ4n) is 11.4. The lowest BCUT2D eigenvalue weighted by Crippen LogP contribution is -2.62. The molecule has 1 aromatic rings. The van der Waals surface area contributed by atoms with Gasteiger partial charge in [-0.15, -0.1) is 0 Å². The van der Waals surface area contributed by atoms with Crippen molar-refractivity contribution in [2.24, 2.45) is 58.2 Å². The van der Waals surface area contributed by atoms with Crippen LogP contribution >= 0.6 is 0 Å². The lowest BCUT2D eigenvalue weighted by Gasteiger charge is -2.64. The SMILES string of the molecule is CC[C@H]1[C@@H](O)C2C3CC[C@H]([C@H](C)CC4CC4c4ccc(C(=O)O)cc4)[C@@]3(C)CCC2[C@@]2(C)CC[C@@H](O)C[C@@H]12. The summed E-state index contributed by atoms with van der Waals surface area (Å²) in [6, 6.07) is 7.57. The van der Waals surface area contributed by atoms with Crippen LogP contribution in [0.1, 0.15) is 114 Å². The van der Waals surface area contributed by atoms with E-state index >= 15 is 0 Å². The van der Waals surface area contributed by atoms with E-state index in [1.807, 2.05) is 12.1 Å². The van der Waals surface area contributed by atoms with Crippen LogP contribution in [-0.4, -0.2) is 33.5 Å². The van der Waals surface area contributed by atoms with Gasteiger partial charge in [0.25, 0.3) is 0 Å². The maximum absolute atomic E-state index is 11.9. The summed E-state index contributed by atoms with van der Waals surface area (Å²) >= 11 is 0. The van der Waals surface area contributed by atoms with Crippen LogP contribution in [0.5, 0.6) is 0 Å². The van der Waals surface area contributed by atoms with Crippen LogP contribution in [0.15, 0.2) is 24.3 Å². The predicted molar refractivity (Wildman–Crippen MR) is 150 cm³/mol. The number of hydrogen-bond donors (Lipinski definition) is 3. The number of aliphatic hydroxyl groups excluding tert-OH is 2. The zero-order valence-corrected chi connectivity index (χ0v) is 24.0. The molecular formula is C34H50O4. The fraction of sp³-hybridized carbons (Fsp3) is 0.794. The number of carboxylic acid groups (broad SMARTS) is 1. The number of benzene rings is 1. The Morgan fingerprint density at radius 1 is 0.947 bits per heavy atom. The van der Waals surface area contributed by atoms with Crippen molar-refractivity contribution < 1.29 is 20.1 Å². The monoisotopic (exact) mass is 522 g/mol. The van der Waals surface area contributed by atoms with Gasteiger partial charge in [-0.3, -0.25) is 0 Å². The molecule has 0 spiro atoms.